The summed E-state index contributed by atoms with van der Waals surface area (Å²) in [7, 11) is 0. The number of ether oxygens (including phenoxy) is 3. The number of amides is 3. The molecule has 15 nitrogen and oxygen atoms in total. The normalized spacial score (nSPS) is 21.8. The van der Waals surface area contributed by atoms with E-state index in [1.54, 1.807) is 11.8 Å². The predicted molar refractivity (Wildman–Crippen MR) is 275 cm³/mol. The van der Waals surface area contributed by atoms with Crippen LogP contribution in [0.4, 0.5) is 0 Å². The fourth-order valence-electron chi connectivity index (χ4n) is 8.69. The van der Waals surface area contributed by atoms with E-state index in [4.69, 9.17) is 14.3 Å². The number of hydroxylamine groups is 2. The molecule has 3 heterocycles. The van der Waals surface area contributed by atoms with Gasteiger partial charge in [-0.05, 0) is 126 Å². The Hall–Kier alpha value is -5.86. The van der Waals surface area contributed by atoms with Crippen molar-refractivity contribution in [2.24, 2.45) is 11.3 Å². The van der Waals surface area contributed by atoms with Gasteiger partial charge in [-0.15, -0.1) is 5.06 Å². The van der Waals surface area contributed by atoms with Crippen LogP contribution in [0.3, 0.4) is 0 Å². The van der Waals surface area contributed by atoms with Crippen molar-refractivity contribution in [3.05, 3.63) is 81.8 Å². The maximum absolute atomic E-state index is 13.9. The zero-order valence-corrected chi connectivity index (χ0v) is 42.5. The molecule has 396 valence electrons. The maximum Gasteiger partial charge on any atom is 0.338 e. The zero-order chi connectivity index (χ0) is 50.9. The molecule has 0 bridgehead atoms. The third-order valence-electron chi connectivity index (χ3n) is 12.3. The van der Waals surface area contributed by atoms with Crippen molar-refractivity contribution in [3.63, 3.8) is 0 Å². The smallest absolute Gasteiger partial charge is 0.338 e. The van der Waals surface area contributed by atoms with E-state index in [-0.39, 0.29) is 52.7 Å². The molecule has 2 atom stereocenters. The molecule has 0 aromatic rings. The lowest BCUT2D eigenvalue weighted by Gasteiger charge is -2.34. The Kier molecular flexibility index (Phi) is 29.3. The number of nitrogens with one attached hydrogen (secondary N) is 1. The van der Waals surface area contributed by atoms with Gasteiger partial charge in [-0.1, -0.05) is 93.2 Å². The third kappa shape index (κ3) is 20.4. The Morgan fingerprint density at radius 3 is 1.83 bits per heavy atom. The number of rotatable bonds is 18. The molecule has 0 saturated carbocycles. The van der Waals surface area contributed by atoms with Crippen molar-refractivity contribution in [3.8, 4) is 0 Å². The molecule has 5 aliphatic rings. The van der Waals surface area contributed by atoms with Crippen LogP contribution in [0.15, 0.2) is 81.8 Å². The van der Waals surface area contributed by atoms with Gasteiger partial charge in [0.1, 0.15) is 5.41 Å². The van der Waals surface area contributed by atoms with Gasteiger partial charge >= 0.3 is 29.8 Å². The molecule has 0 unspecified atom stereocenters. The number of hydrogen-bond donors (Lipinski definition) is 1. The fourth-order valence-corrected chi connectivity index (χ4v) is 8.69. The number of carbonyl (C=O) groups is 8. The summed E-state index contributed by atoms with van der Waals surface area (Å²) in [5, 5.41) is 3.97. The molecule has 0 radical (unpaired) electrons. The summed E-state index contributed by atoms with van der Waals surface area (Å²) in [4.78, 5) is 103. The molecule has 1 N–H and O–H groups in total. The van der Waals surface area contributed by atoms with Crippen LogP contribution in [0.5, 0.6) is 0 Å². The Labute approximate surface area is 424 Å². The number of allylic oxidation sites excluding steroid dienone is 8. The molecule has 0 aromatic carbocycles. The van der Waals surface area contributed by atoms with E-state index in [1.807, 2.05) is 26.0 Å². The number of nitrogens with zero attached hydrogens (tertiary/aromatic N) is 2. The van der Waals surface area contributed by atoms with E-state index in [2.05, 4.69) is 62.9 Å². The Morgan fingerprint density at radius 1 is 0.718 bits per heavy atom. The lowest BCUT2D eigenvalue weighted by atomic mass is 9.69. The van der Waals surface area contributed by atoms with Gasteiger partial charge in [-0.2, -0.15) is 0 Å². The van der Waals surface area contributed by atoms with E-state index < -0.39 is 53.4 Å². The van der Waals surface area contributed by atoms with Gasteiger partial charge in [-0.25, -0.2) is 19.2 Å². The molecule has 0 spiro atoms. The first-order chi connectivity index (χ1) is 32.9. The average molecular weight is 992 g/mol. The van der Waals surface area contributed by atoms with Crippen molar-refractivity contribution >= 4 is 47.6 Å². The average Bonchev–Trinajstić information content (AvgIpc) is 3.88. The van der Waals surface area contributed by atoms with E-state index in [9.17, 15) is 38.4 Å². The summed E-state index contributed by atoms with van der Waals surface area (Å²) in [6.45, 7) is 17.8. The van der Waals surface area contributed by atoms with Gasteiger partial charge in [-0.3, -0.25) is 19.2 Å². The second-order valence-corrected chi connectivity index (χ2v) is 18.4. The summed E-state index contributed by atoms with van der Waals surface area (Å²) in [5.41, 5.74) is 6.36. The molecule has 2 saturated heterocycles. The van der Waals surface area contributed by atoms with Crippen LogP contribution >= 0.6 is 0 Å². The SMILES string of the molecule is C.C.CCOC(=O)/C1=C(\NC/C=C(\C)CCC=C(C)C)CCCCCC1.CCOC(=O)[C@@]12CCCCC/C=C\1N(C/C=C(\C)CCC=C(C)C)C(=O)[C@H]2CC(=O)ON1C(=O)CCC1=O.O=C1C=CC(=O)O1. The minimum absolute atomic E-state index is 0. The second-order valence-electron chi connectivity index (χ2n) is 18.4. The highest BCUT2D eigenvalue weighted by atomic mass is 16.7. The highest BCUT2D eigenvalue weighted by Gasteiger charge is 2.61. The van der Waals surface area contributed by atoms with Crippen molar-refractivity contribution in [2.45, 2.75) is 186 Å². The van der Waals surface area contributed by atoms with Crippen LogP contribution in [0, 0.1) is 11.3 Å². The van der Waals surface area contributed by atoms with Gasteiger partial charge in [0.05, 0.1) is 31.1 Å². The van der Waals surface area contributed by atoms with E-state index in [0.29, 0.717) is 36.6 Å². The Bertz CT molecular complexity index is 2050. The first kappa shape index (κ1) is 63.2. The number of esters is 4. The van der Waals surface area contributed by atoms with Crippen molar-refractivity contribution in [1.29, 1.82) is 0 Å². The molecule has 3 amide bonds. The number of carbonyl (C=O) groups excluding carboxylic acids is 8. The van der Waals surface area contributed by atoms with Crippen LogP contribution in [-0.4, -0.2) is 83.8 Å². The molecular weight excluding hydrogens is 907 g/mol. The topological polar surface area (TPSA) is 192 Å². The molecule has 71 heavy (non-hydrogen) atoms. The van der Waals surface area contributed by atoms with E-state index in [1.165, 1.54) is 29.6 Å². The van der Waals surface area contributed by atoms with Crippen LogP contribution in [-0.2, 0) is 57.4 Å². The number of imide groups is 1. The quantitative estimate of drug-likeness (QED) is 0.0449. The molecule has 15 heteroatoms. The van der Waals surface area contributed by atoms with Gasteiger partial charge < -0.3 is 29.3 Å². The van der Waals surface area contributed by atoms with Gasteiger partial charge in [0.2, 0.25) is 5.91 Å². The highest BCUT2D eigenvalue weighted by Crippen LogP contribution is 2.53. The summed E-state index contributed by atoms with van der Waals surface area (Å²) in [6, 6.07) is 0. The fraction of sp³-hybridized carbons (Fsp3) is 0.607. The van der Waals surface area contributed by atoms with E-state index >= 15 is 0 Å². The van der Waals surface area contributed by atoms with Crippen LogP contribution in [0.2, 0.25) is 0 Å². The largest absolute Gasteiger partial charge is 0.465 e. The van der Waals surface area contributed by atoms with Crippen molar-refractivity contribution in [1.82, 2.24) is 15.3 Å². The predicted octanol–water partition coefficient (Wildman–Crippen LogP) is 10.9. The maximum atomic E-state index is 13.9. The summed E-state index contributed by atoms with van der Waals surface area (Å²) in [5.74, 6) is -5.31. The van der Waals surface area contributed by atoms with Crippen molar-refractivity contribution < 1.29 is 57.4 Å². The van der Waals surface area contributed by atoms with Crippen molar-refractivity contribution in [2.75, 3.05) is 26.3 Å². The molecule has 5 rings (SSSR count). The first-order valence-corrected chi connectivity index (χ1v) is 24.9. The second kappa shape index (κ2) is 32.9. The molecule has 3 aliphatic heterocycles. The summed E-state index contributed by atoms with van der Waals surface area (Å²) < 4.78 is 14.7. The number of fused-ring (bicyclic) bond motifs is 1. The zero-order valence-electron chi connectivity index (χ0n) is 42.5. The minimum atomic E-state index is -1.32. The van der Waals surface area contributed by atoms with Gasteiger partial charge in [0.25, 0.3) is 11.8 Å². The lowest BCUT2D eigenvalue weighted by molar-refractivity contribution is -0.199. The lowest BCUT2D eigenvalue weighted by Crippen LogP contribution is -2.42. The molecule has 2 aliphatic carbocycles. The minimum Gasteiger partial charge on any atom is -0.465 e. The highest BCUT2D eigenvalue weighted by molar-refractivity contribution is 6.05. The Balaban J connectivity index is 0.000000650. The summed E-state index contributed by atoms with van der Waals surface area (Å²) in [6.07, 6.45) is 26.3. The monoisotopic (exact) mass is 992 g/mol. The van der Waals surface area contributed by atoms with E-state index in [0.717, 1.165) is 99.7 Å². The number of hydrogen-bond acceptors (Lipinski definition) is 13. The van der Waals surface area contributed by atoms with Gasteiger partial charge in [0, 0.05) is 49.5 Å². The standard InChI is InChI=1S/C29H40N2O7.C21H35NO2.C4H2O3.2CH4/c1-5-37-28(36)29-17-9-7-6-8-13-23(29)30(18-16-21(4)12-10-11-20(2)3)27(35)22(29)19-26(34)38-31-24(32)14-15-25(31)33;1-5-24-21(23)19-13-8-6-7-9-14-20(19)22-16-15-18(4)12-10-11-17(2)3;5-3-1-2-4(6)7-3;;/h11,13,16,22H,5-10,12,14-15,17-19H2,1-4H3;11,15,22H,5-10,12-14,16H2,1-4H3;1-2H;2*1H4/b21-16+,23-13+;18-15+,20-19-;;;/t22-,29-;;;;/m1..../s1. The first-order valence-electron chi connectivity index (χ1n) is 24.9. The third-order valence-corrected chi connectivity index (χ3v) is 12.3. The van der Waals surface area contributed by atoms with Crippen LogP contribution in [0.25, 0.3) is 0 Å². The molecule has 0 aromatic heterocycles. The summed E-state index contributed by atoms with van der Waals surface area (Å²) >= 11 is 0. The number of cyclic esters (lactones) is 2. The Morgan fingerprint density at radius 2 is 1.28 bits per heavy atom. The molecule has 2 fully saturated rings. The van der Waals surface area contributed by atoms with Crippen LogP contribution in [0.1, 0.15) is 186 Å². The number of likely N-dealkylation sites (tertiary alicyclic amines) is 1. The van der Waals surface area contributed by atoms with Crippen LogP contribution < -0.4 is 5.32 Å². The van der Waals surface area contributed by atoms with Gasteiger partial charge in [0.15, 0.2) is 0 Å². The molecular formula is C56H85N3O12.